The first-order valence-electron chi connectivity index (χ1n) is 10.00. The van der Waals surface area contributed by atoms with Gasteiger partial charge in [-0.05, 0) is 38.5 Å². The summed E-state index contributed by atoms with van der Waals surface area (Å²) in [4.78, 5) is 24.8. The topological polar surface area (TPSA) is 83.1 Å². The predicted molar refractivity (Wildman–Crippen MR) is 117 cm³/mol. The molecule has 0 bridgehead atoms. The second-order valence-electron chi connectivity index (χ2n) is 7.71. The van der Waals surface area contributed by atoms with Crippen LogP contribution in [0.25, 0.3) is 10.8 Å². The summed E-state index contributed by atoms with van der Waals surface area (Å²) in [6, 6.07) is 5.42. The number of hydrogen-bond acceptors (Lipinski definition) is 7. The molecule has 0 aliphatic carbocycles. The Hall–Kier alpha value is -2.96. The normalized spacial score (nSPS) is 11.2. The Morgan fingerprint density at radius 2 is 1.57 bits per heavy atom. The van der Waals surface area contributed by atoms with Crippen molar-refractivity contribution in [2.75, 3.05) is 26.6 Å². The highest BCUT2D eigenvalue weighted by Gasteiger charge is 2.33. The minimum absolute atomic E-state index is 0.187. The Morgan fingerprint density at radius 3 is 2.07 bits per heavy atom. The van der Waals surface area contributed by atoms with E-state index in [9.17, 15) is 9.59 Å². The lowest BCUT2D eigenvalue weighted by Crippen LogP contribution is -2.29. The first kappa shape index (κ1) is 23.3. The number of carbonyl (C=O) groups is 2. The van der Waals surface area contributed by atoms with Crippen molar-refractivity contribution in [1.29, 1.82) is 0 Å². The van der Waals surface area contributed by atoms with Gasteiger partial charge in [0.25, 0.3) is 0 Å². The van der Waals surface area contributed by atoms with E-state index in [-0.39, 0.29) is 29.0 Å². The molecule has 2 aromatic carbocycles. The van der Waals surface area contributed by atoms with Crippen molar-refractivity contribution in [1.82, 2.24) is 0 Å². The summed E-state index contributed by atoms with van der Waals surface area (Å²) in [6.07, 6.45) is 2.60. The lowest BCUT2D eigenvalue weighted by Gasteiger charge is -2.24. The molecule has 0 fully saturated rings. The molecule has 0 heterocycles. The number of rotatable bonds is 9. The van der Waals surface area contributed by atoms with E-state index in [1.165, 1.54) is 21.1 Å². The van der Waals surface area contributed by atoms with E-state index in [0.29, 0.717) is 17.2 Å². The molecule has 0 atom stereocenters. The number of unbranched alkanes of at least 4 members (excludes halogenated alkanes) is 1. The van der Waals surface area contributed by atoms with Crippen molar-refractivity contribution >= 4 is 28.4 Å². The van der Waals surface area contributed by atoms with Crippen LogP contribution in [0.2, 0.25) is 0 Å². The van der Waals surface area contributed by atoms with Gasteiger partial charge >= 0.3 is 11.9 Å². The van der Waals surface area contributed by atoms with Crippen molar-refractivity contribution < 1.29 is 28.5 Å². The average molecular weight is 418 g/mol. The van der Waals surface area contributed by atoms with Crippen LogP contribution in [0.4, 0.5) is 5.69 Å². The van der Waals surface area contributed by atoms with Gasteiger partial charge in [-0.3, -0.25) is 9.59 Å². The van der Waals surface area contributed by atoms with Gasteiger partial charge in [0.05, 0.1) is 19.6 Å². The number of methoxy groups -OCH3 is 2. The number of carbonyl (C=O) groups excluding carboxylic acids is 2. The Morgan fingerprint density at radius 1 is 0.967 bits per heavy atom. The standard InChI is InChI=1S/C23H31NO6/c1-8-9-12-23(3,4)22(26)30-19-17-13-15(24-5)10-11-16(17)18(29-14(2)25)20(27-6)21(19)28-7/h10-11,13,24H,8-9,12H2,1-7H3. The van der Waals surface area contributed by atoms with Crippen molar-refractivity contribution in [2.24, 2.45) is 5.41 Å². The van der Waals surface area contributed by atoms with E-state index in [0.717, 1.165) is 18.5 Å². The largest absolute Gasteiger partial charge is 0.490 e. The molecule has 2 aromatic rings. The number of benzene rings is 2. The zero-order valence-corrected chi connectivity index (χ0v) is 18.8. The molecule has 164 valence electrons. The van der Waals surface area contributed by atoms with Crippen LogP contribution >= 0.6 is 0 Å². The molecule has 0 saturated heterocycles. The first-order chi connectivity index (χ1) is 14.2. The Bertz CT molecular complexity index is 935. The van der Waals surface area contributed by atoms with Gasteiger partial charge in [-0.15, -0.1) is 0 Å². The minimum Gasteiger partial charge on any atom is -0.490 e. The summed E-state index contributed by atoms with van der Waals surface area (Å²) >= 11 is 0. The highest BCUT2D eigenvalue weighted by molar-refractivity contribution is 6.02. The monoisotopic (exact) mass is 417 g/mol. The van der Waals surface area contributed by atoms with E-state index in [2.05, 4.69) is 12.2 Å². The fourth-order valence-corrected chi connectivity index (χ4v) is 3.21. The number of ether oxygens (including phenoxy) is 4. The molecule has 0 amide bonds. The second-order valence-corrected chi connectivity index (χ2v) is 7.71. The molecule has 0 aliphatic heterocycles. The van der Waals surface area contributed by atoms with Crippen LogP contribution in [0, 0.1) is 5.41 Å². The van der Waals surface area contributed by atoms with Crippen molar-refractivity contribution in [3.63, 3.8) is 0 Å². The van der Waals surface area contributed by atoms with Gasteiger partial charge in [-0.1, -0.05) is 19.8 Å². The van der Waals surface area contributed by atoms with Crippen molar-refractivity contribution in [3.8, 4) is 23.0 Å². The lowest BCUT2D eigenvalue weighted by molar-refractivity contribution is -0.144. The van der Waals surface area contributed by atoms with Crippen LogP contribution in [0.1, 0.15) is 47.0 Å². The Kier molecular flexibility index (Phi) is 7.54. The van der Waals surface area contributed by atoms with E-state index in [1.54, 1.807) is 13.1 Å². The van der Waals surface area contributed by atoms with E-state index < -0.39 is 11.4 Å². The van der Waals surface area contributed by atoms with Crippen LogP contribution < -0.4 is 24.3 Å². The maximum absolute atomic E-state index is 13.0. The van der Waals surface area contributed by atoms with E-state index >= 15 is 0 Å². The maximum Gasteiger partial charge on any atom is 0.317 e. The fourth-order valence-electron chi connectivity index (χ4n) is 3.21. The van der Waals surface area contributed by atoms with Crippen molar-refractivity contribution in [2.45, 2.75) is 47.0 Å². The molecular formula is C23H31NO6. The zero-order valence-electron chi connectivity index (χ0n) is 18.8. The molecule has 0 radical (unpaired) electrons. The molecule has 30 heavy (non-hydrogen) atoms. The average Bonchev–Trinajstić information content (AvgIpc) is 2.72. The zero-order chi connectivity index (χ0) is 22.5. The van der Waals surface area contributed by atoms with Gasteiger partial charge in [0.15, 0.2) is 11.5 Å². The SMILES string of the molecule is CCCCC(C)(C)C(=O)Oc1c(OC)c(OC)c(OC(C)=O)c2ccc(NC)cc12. The minimum atomic E-state index is -0.671. The third kappa shape index (κ3) is 4.78. The summed E-state index contributed by atoms with van der Waals surface area (Å²) in [6.45, 7) is 7.12. The number of esters is 2. The van der Waals surface area contributed by atoms with Gasteiger partial charge < -0.3 is 24.3 Å². The van der Waals surface area contributed by atoms with E-state index in [1.807, 2.05) is 26.0 Å². The molecule has 2 rings (SSSR count). The van der Waals surface area contributed by atoms with Gasteiger partial charge in [0, 0.05) is 30.4 Å². The lowest BCUT2D eigenvalue weighted by atomic mass is 9.87. The molecule has 0 aliphatic rings. The molecule has 7 nitrogen and oxygen atoms in total. The molecular weight excluding hydrogens is 386 g/mol. The van der Waals surface area contributed by atoms with Crippen LogP contribution in [-0.4, -0.2) is 33.2 Å². The Balaban J connectivity index is 2.75. The van der Waals surface area contributed by atoms with Crippen LogP contribution in [-0.2, 0) is 9.59 Å². The molecule has 0 aromatic heterocycles. The summed E-state index contributed by atoms with van der Waals surface area (Å²) in [5.74, 6) is -0.0512. The quantitative estimate of drug-likeness (QED) is 0.457. The number of fused-ring (bicyclic) bond motifs is 1. The second kappa shape index (κ2) is 9.69. The van der Waals surface area contributed by atoms with Crippen LogP contribution in [0.15, 0.2) is 18.2 Å². The summed E-state index contributed by atoms with van der Waals surface area (Å²) in [5.41, 5.74) is 0.126. The predicted octanol–water partition coefficient (Wildman–Crippen LogP) is 4.95. The molecule has 7 heteroatoms. The highest BCUT2D eigenvalue weighted by Crippen LogP contribution is 2.52. The highest BCUT2D eigenvalue weighted by atomic mass is 16.6. The van der Waals surface area contributed by atoms with Gasteiger partial charge in [0.1, 0.15) is 0 Å². The number of hydrogen-bond donors (Lipinski definition) is 1. The van der Waals surface area contributed by atoms with Crippen LogP contribution in [0.5, 0.6) is 23.0 Å². The summed E-state index contributed by atoms with van der Waals surface area (Å²) < 4.78 is 22.4. The molecule has 0 spiro atoms. The maximum atomic E-state index is 13.0. The van der Waals surface area contributed by atoms with E-state index in [4.69, 9.17) is 18.9 Å². The third-order valence-electron chi connectivity index (χ3n) is 4.97. The fraction of sp³-hybridized carbons (Fsp3) is 0.478. The summed E-state index contributed by atoms with van der Waals surface area (Å²) in [7, 11) is 4.67. The molecule has 0 saturated carbocycles. The first-order valence-corrected chi connectivity index (χ1v) is 10.00. The van der Waals surface area contributed by atoms with Gasteiger partial charge in [-0.25, -0.2) is 0 Å². The smallest absolute Gasteiger partial charge is 0.317 e. The third-order valence-corrected chi connectivity index (χ3v) is 4.97. The van der Waals surface area contributed by atoms with Gasteiger partial charge in [-0.2, -0.15) is 0 Å². The molecule has 1 N–H and O–H groups in total. The van der Waals surface area contributed by atoms with Gasteiger partial charge in [0.2, 0.25) is 11.5 Å². The number of anilines is 1. The Labute approximate surface area is 177 Å². The van der Waals surface area contributed by atoms with Crippen LogP contribution in [0.3, 0.4) is 0 Å². The summed E-state index contributed by atoms with van der Waals surface area (Å²) in [5, 5.41) is 4.19. The molecule has 0 unspecified atom stereocenters. The number of nitrogens with one attached hydrogen (secondary N) is 1. The van der Waals surface area contributed by atoms with Crippen molar-refractivity contribution in [3.05, 3.63) is 18.2 Å².